The van der Waals surface area contributed by atoms with E-state index in [-0.39, 0.29) is 5.54 Å². The fourth-order valence-electron chi connectivity index (χ4n) is 5.33. The summed E-state index contributed by atoms with van der Waals surface area (Å²) in [6, 6.07) is 18.9. The molecule has 6 nitrogen and oxygen atoms in total. The Morgan fingerprint density at radius 3 is 2.65 bits per heavy atom. The van der Waals surface area contributed by atoms with Crippen molar-refractivity contribution in [1.82, 2.24) is 14.1 Å². The first-order valence-corrected chi connectivity index (χ1v) is 11.8. The van der Waals surface area contributed by atoms with Crippen LogP contribution < -0.4 is 10.6 Å². The van der Waals surface area contributed by atoms with Gasteiger partial charge in [-0.15, -0.1) is 0 Å². The number of aromatic nitrogens is 3. The van der Waals surface area contributed by atoms with E-state index >= 15 is 0 Å². The molecule has 4 heterocycles. The number of benzene rings is 2. The monoisotopic (exact) mass is 448 g/mol. The van der Waals surface area contributed by atoms with Gasteiger partial charge in [0.15, 0.2) is 5.82 Å². The van der Waals surface area contributed by atoms with Crippen LogP contribution in [0.4, 0.5) is 5.69 Å². The quantitative estimate of drug-likeness (QED) is 0.430. The highest BCUT2D eigenvalue weighted by Gasteiger charge is 2.32. The zero-order valence-corrected chi connectivity index (χ0v) is 19.6. The molecule has 0 spiro atoms. The van der Waals surface area contributed by atoms with Crippen LogP contribution in [-0.2, 0) is 6.54 Å². The standard InChI is InChI=1S/C28H28N6/c1-28(2,30)23-9-11-32(18-23)24-7-8-25-22(13-24)17-33-16-21(20-5-3-19(15-29)4-6-20)14-26(33)27-31-10-12-34(25)27/h3-8,10,12-14,16,23H,9,11,17-18,30H2,1-2H3/t23-/m1/s1. The second kappa shape index (κ2) is 7.61. The molecular formula is C28H28N6. The molecule has 1 atom stereocenters. The van der Waals surface area contributed by atoms with Gasteiger partial charge < -0.3 is 15.2 Å². The van der Waals surface area contributed by atoms with Gasteiger partial charge >= 0.3 is 0 Å². The summed E-state index contributed by atoms with van der Waals surface area (Å²) in [5.74, 6) is 1.44. The maximum Gasteiger partial charge on any atom is 0.161 e. The third-order valence-electron chi connectivity index (χ3n) is 7.38. The molecule has 1 fully saturated rings. The van der Waals surface area contributed by atoms with E-state index in [0.717, 1.165) is 48.7 Å². The third kappa shape index (κ3) is 3.41. The van der Waals surface area contributed by atoms with Crippen LogP contribution in [0.15, 0.2) is 67.1 Å². The van der Waals surface area contributed by atoms with Gasteiger partial charge in [0.1, 0.15) is 0 Å². The second-order valence-electron chi connectivity index (χ2n) is 10.1. The lowest BCUT2D eigenvalue weighted by Gasteiger charge is -2.27. The Morgan fingerprint density at radius 1 is 1.09 bits per heavy atom. The van der Waals surface area contributed by atoms with E-state index in [4.69, 9.17) is 16.0 Å². The van der Waals surface area contributed by atoms with Crippen LogP contribution in [0.1, 0.15) is 31.4 Å². The maximum atomic E-state index is 9.12. The van der Waals surface area contributed by atoms with Crippen molar-refractivity contribution in [2.45, 2.75) is 32.4 Å². The smallest absolute Gasteiger partial charge is 0.161 e. The van der Waals surface area contributed by atoms with Crippen molar-refractivity contribution in [3.05, 3.63) is 78.2 Å². The predicted octanol–water partition coefficient (Wildman–Crippen LogP) is 4.80. The molecule has 2 aromatic heterocycles. The minimum absolute atomic E-state index is 0.159. The van der Waals surface area contributed by atoms with Crippen LogP contribution in [0.2, 0.25) is 0 Å². The van der Waals surface area contributed by atoms with E-state index in [2.05, 4.69) is 64.4 Å². The van der Waals surface area contributed by atoms with Crippen LogP contribution in [0, 0.1) is 17.2 Å². The van der Waals surface area contributed by atoms with Crippen molar-refractivity contribution >= 4 is 5.69 Å². The molecule has 0 aliphatic carbocycles. The normalized spacial score (nSPS) is 17.0. The van der Waals surface area contributed by atoms with Gasteiger partial charge in [-0.05, 0) is 73.7 Å². The molecule has 1 saturated heterocycles. The number of nitrogens with zero attached hydrogens (tertiary/aromatic N) is 5. The Balaban J connectivity index is 1.38. The highest BCUT2D eigenvalue weighted by molar-refractivity contribution is 5.72. The van der Waals surface area contributed by atoms with Crippen molar-refractivity contribution < 1.29 is 0 Å². The zero-order chi connectivity index (χ0) is 23.4. The molecule has 34 heavy (non-hydrogen) atoms. The number of nitriles is 1. The molecular weight excluding hydrogens is 420 g/mol. The number of hydrogen-bond donors (Lipinski definition) is 1. The average Bonchev–Trinajstić information content (AvgIpc) is 3.57. The summed E-state index contributed by atoms with van der Waals surface area (Å²) < 4.78 is 4.48. The van der Waals surface area contributed by atoms with Crippen LogP contribution in [0.25, 0.3) is 28.3 Å². The minimum Gasteiger partial charge on any atom is -0.371 e. The lowest BCUT2D eigenvalue weighted by Crippen LogP contribution is -2.42. The number of imidazole rings is 1. The zero-order valence-electron chi connectivity index (χ0n) is 19.6. The fourth-order valence-corrected chi connectivity index (χ4v) is 5.33. The van der Waals surface area contributed by atoms with E-state index in [0.29, 0.717) is 11.5 Å². The summed E-state index contributed by atoms with van der Waals surface area (Å²) in [6.45, 7) is 7.08. The van der Waals surface area contributed by atoms with Gasteiger partial charge in [0.2, 0.25) is 0 Å². The molecule has 0 radical (unpaired) electrons. The lowest BCUT2D eigenvalue weighted by atomic mass is 9.88. The number of anilines is 1. The van der Waals surface area contributed by atoms with Crippen LogP contribution in [0.3, 0.4) is 0 Å². The van der Waals surface area contributed by atoms with Crippen molar-refractivity contribution in [2.24, 2.45) is 11.7 Å². The van der Waals surface area contributed by atoms with E-state index in [1.165, 1.54) is 16.9 Å². The molecule has 4 aromatic rings. The van der Waals surface area contributed by atoms with Gasteiger partial charge in [-0.2, -0.15) is 5.26 Å². The average molecular weight is 449 g/mol. The van der Waals surface area contributed by atoms with Gasteiger partial charge in [0.25, 0.3) is 0 Å². The molecule has 2 aliphatic heterocycles. The molecule has 0 amide bonds. The Bertz CT molecular complexity index is 1410. The van der Waals surface area contributed by atoms with Crippen molar-refractivity contribution in [3.8, 4) is 34.4 Å². The van der Waals surface area contributed by atoms with Crippen LogP contribution in [-0.4, -0.2) is 32.7 Å². The SMILES string of the molecule is CC(C)(N)[C@@H]1CCN(c2ccc3c(c2)Cn2cc(-c4ccc(C#N)cc4)cc2-c2nccn2-3)C1. The first-order valence-electron chi connectivity index (χ1n) is 11.8. The van der Waals surface area contributed by atoms with Gasteiger partial charge in [0.05, 0.1) is 23.0 Å². The van der Waals surface area contributed by atoms with Gasteiger partial charge in [-0.25, -0.2) is 4.98 Å². The molecule has 0 unspecified atom stereocenters. The van der Waals surface area contributed by atoms with Crippen LogP contribution in [0.5, 0.6) is 0 Å². The molecule has 170 valence electrons. The van der Waals surface area contributed by atoms with E-state index < -0.39 is 0 Å². The largest absolute Gasteiger partial charge is 0.371 e. The molecule has 0 saturated carbocycles. The van der Waals surface area contributed by atoms with Gasteiger partial charge in [-0.3, -0.25) is 4.57 Å². The summed E-state index contributed by atoms with van der Waals surface area (Å²) in [7, 11) is 0. The third-order valence-corrected chi connectivity index (χ3v) is 7.38. The lowest BCUT2D eigenvalue weighted by molar-refractivity contribution is 0.348. The van der Waals surface area contributed by atoms with E-state index in [1.54, 1.807) is 0 Å². The fraction of sp³-hybridized carbons (Fsp3) is 0.286. The molecule has 2 aromatic carbocycles. The Hall–Kier alpha value is -3.82. The minimum atomic E-state index is -0.159. The molecule has 6 rings (SSSR count). The molecule has 2 aliphatic rings. The highest BCUT2D eigenvalue weighted by Crippen LogP contribution is 2.36. The summed E-state index contributed by atoms with van der Waals surface area (Å²) in [4.78, 5) is 7.17. The highest BCUT2D eigenvalue weighted by atomic mass is 15.2. The van der Waals surface area contributed by atoms with E-state index in [9.17, 15) is 0 Å². The summed E-state index contributed by atoms with van der Waals surface area (Å²) in [6.07, 6.45) is 7.23. The van der Waals surface area contributed by atoms with E-state index in [1.807, 2.05) is 36.7 Å². The van der Waals surface area contributed by atoms with Crippen molar-refractivity contribution in [1.29, 1.82) is 5.26 Å². The summed E-state index contributed by atoms with van der Waals surface area (Å²) >= 11 is 0. The number of rotatable bonds is 3. The molecule has 6 heteroatoms. The Morgan fingerprint density at radius 2 is 1.91 bits per heavy atom. The number of fused-ring (bicyclic) bond motifs is 5. The van der Waals surface area contributed by atoms with Gasteiger partial charge in [-0.1, -0.05) is 12.1 Å². The Labute approximate surface area is 199 Å². The Kier molecular flexibility index (Phi) is 4.65. The first-order chi connectivity index (χ1) is 16.4. The summed E-state index contributed by atoms with van der Waals surface area (Å²) in [5.41, 5.74) is 13.9. The van der Waals surface area contributed by atoms with Gasteiger partial charge in [0, 0.05) is 55.0 Å². The number of nitrogens with two attached hydrogens (primary N) is 1. The second-order valence-corrected chi connectivity index (χ2v) is 10.1. The number of hydrogen-bond acceptors (Lipinski definition) is 4. The van der Waals surface area contributed by atoms with Crippen molar-refractivity contribution in [3.63, 3.8) is 0 Å². The topological polar surface area (TPSA) is 75.8 Å². The van der Waals surface area contributed by atoms with Crippen LogP contribution >= 0.6 is 0 Å². The predicted molar refractivity (Wildman–Crippen MR) is 135 cm³/mol. The summed E-state index contributed by atoms with van der Waals surface area (Å²) in [5, 5.41) is 9.12. The molecule has 2 N–H and O–H groups in total. The molecule has 0 bridgehead atoms. The maximum absolute atomic E-state index is 9.12. The van der Waals surface area contributed by atoms with Crippen molar-refractivity contribution in [2.75, 3.05) is 18.0 Å². The first kappa shape index (κ1) is 20.8.